The maximum absolute atomic E-state index is 12.1. The number of aliphatic imine (C=N–C) groups is 1. The van der Waals surface area contributed by atoms with Gasteiger partial charge in [0.1, 0.15) is 0 Å². The molecule has 0 fully saturated rings. The van der Waals surface area contributed by atoms with Gasteiger partial charge in [0.2, 0.25) is 0 Å². The van der Waals surface area contributed by atoms with Gasteiger partial charge >= 0.3 is 6.18 Å². The number of guanidine groups is 1. The van der Waals surface area contributed by atoms with E-state index in [1.807, 2.05) is 0 Å². The van der Waals surface area contributed by atoms with Crippen LogP contribution in [0, 0.1) is 6.92 Å². The Labute approximate surface area is 133 Å². The van der Waals surface area contributed by atoms with Gasteiger partial charge in [0, 0.05) is 26.4 Å². The van der Waals surface area contributed by atoms with Gasteiger partial charge < -0.3 is 10.6 Å². The minimum absolute atomic E-state index is 0.249. The Hall–Kier alpha value is -1.77. The van der Waals surface area contributed by atoms with E-state index in [1.165, 1.54) is 13.1 Å². The Kier molecular flexibility index (Phi) is 6.43. The topological polar surface area (TPSA) is 70.6 Å². The number of nitrogens with one attached hydrogen (secondary N) is 2. The van der Waals surface area contributed by atoms with Crippen molar-refractivity contribution in [2.45, 2.75) is 31.0 Å². The number of rotatable bonds is 5. The van der Waals surface area contributed by atoms with Crippen molar-refractivity contribution in [3.63, 3.8) is 0 Å². The van der Waals surface area contributed by atoms with Crippen molar-refractivity contribution in [3.05, 3.63) is 29.3 Å². The fourth-order valence-corrected chi connectivity index (χ4v) is 2.93. The second-order valence-electron chi connectivity index (χ2n) is 5.09. The Balaban J connectivity index is 2.61. The predicted octanol–water partition coefficient (Wildman–Crippen LogP) is 2.02. The van der Waals surface area contributed by atoms with E-state index >= 15 is 0 Å². The number of hydrogen-bond acceptors (Lipinski definition) is 3. The first-order valence-electron chi connectivity index (χ1n) is 6.84. The second kappa shape index (κ2) is 7.67. The van der Waals surface area contributed by atoms with E-state index in [1.54, 1.807) is 19.1 Å². The zero-order valence-electron chi connectivity index (χ0n) is 13.2. The molecule has 0 spiro atoms. The molecule has 1 rings (SSSR count). The summed E-state index contributed by atoms with van der Waals surface area (Å²) in [4.78, 5) is 4.09. The summed E-state index contributed by atoms with van der Waals surface area (Å²) >= 11 is 0. The van der Waals surface area contributed by atoms with Crippen molar-refractivity contribution < 1.29 is 21.6 Å². The molecule has 5 nitrogen and oxygen atoms in total. The van der Waals surface area contributed by atoms with E-state index in [-0.39, 0.29) is 17.4 Å². The largest absolute Gasteiger partial charge is 0.390 e. The first-order chi connectivity index (χ1) is 10.5. The Morgan fingerprint density at radius 1 is 1.26 bits per heavy atom. The van der Waals surface area contributed by atoms with Crippen molar-refractivity contribution in [1.29, 1.82) is 0 Å². The molecule has 0 atom stereocenters. The van der Waals surface area contributed by atoms with E-state index in [4.69, 9.17) is 0 Å². The summed E-state index contributed by atoms with van der Waals surface area (Å²) in [5, 5.41) is 5.45. The van der Waals surface area contributed by atoms with Crippen molar-refractivity contribution in [1.82, 2.24) is 10.6 Å². The van der Waals surface area contributed by atoms with Crippen molar-refractivity contribution >= 4 is 15.8 Å². The van der Waals surface area contributed by atoms with E-state index in [2.05, 4.69) is 15.6 Å². The number of halogens is 3. The monoisotopic (exact) mass is 351 g/mol. The molecule has 0 aromatic heterocycles. The van der Waals surface area contributed by atoms with Gasteiger partial charge in [-0.2, -0.15) is 13.2 Å². The van der Waals surface area contributed by atoms with Crippen LogP contribution < -0.4 is 10.6 Å². The Bertz CT molecular complexity index is 670. The van der Waals surface area contributed by atoms with E-state index in [0.29, 0.717) is 12.1 Å². The SMILES string of the molecule is CN=C(NCCC(F)(F)F)NCc1ccc(S(C)(=O)=O)c(C)c1. The standard InChI is InChI=1S/C14H20F3N3O2S/c1-10-8-11(4-5-12(10)23(3,21)22)9-20-13(18-2)19-7-6-14(15,16)17/h4-5,8H,6-7,9H2,1-3H3,(H2,18,19,20). The third kappa shape index (κ3) is 6.89. The van der Waals surface area contributed by atoms with Crippen LogP contribution in [0.2, 0.25) is 0 Å². The molecule has 130 valence electrons. The maximum atomic E-state index is 12.1. The van der Waals surface area contributed by atoms with Crippen LogP contribution >= 0.6 is 0 Å². The first kappa shape index (κ1) is 19.3. The van der Waals surface area contributed by atoms with Gasteiger partial charge in [-0.25, -0.2) is 8.42 Å². The number of alkyl halides is 3. The van der Waals surface area contributed by atoms with Gasteiger partial charge in [0.25, 0.3) is 0 Å². The molecule has 0 aliphatic rings. The van der Waals surface area contributed by atoms with Gasteiger partial charge in [-0.1, -0.05) is 12.1 Å². The summed E-state index contributed by atoms with van der Waals surface area (Å²) in [5.74, 6) is 0.249. The van der Waals surface area contributed by atoms with E-state index in [0.717, 1.165) is 11.8 Å². The Morgan fingerprint density at radius 3 is 2.39 bits per heavy atom. The highest BCUT2D eigenvalue weighted by Gasteiger charge is 2.26. The average Bonchev–Trinajstić information content (AvgIpc) is 2.40. The number of aryl methyl sites for hydroxylation is 1. The summed E-state index contributed by atoms with van der Waals surface area (Å²) in [6, 6.07) is 4.88. The molecule has 0 saturated carbocycles. The lowest BCUT2D eigenvalue weighted by Crippen LogP contribution is -2.38. The highest BCUT2D eigenvalue weighted by molar-refractivity contribution is 7.90. The quantitative estimate of drug-likeness (QED) is 0.629. The lowest BCUT2D eigenvalue weighted by molar-refractivity contribution is -0.132. The normalized spacial score (nSPS) is 13.0. The third-order valence-electron chi connectivity index (χ3n) is 3.02. The molecule has 1 aromatic rings. The van der Waals surface area contributed by atoms with Crippen LogP contribution in [0.25, 0.3) is 0 Å². The first-order valence-corrected chi connectivity index (χ1v) is 8.73. The van der Waals surface area contributed by atoms with Crippen LogP contribution in [-0.2, 0) is 16.4 Å². The molecule has 0 aliphatic carbocycles. The lowest BCUT2D eigenvalue weighted by Gasteiger charge is -2.13. The molecular formula is C14H20F3N3O2S. The Morgan fingerprint density at radius 2 is 1.91 bits per heavy atom. The molecule has 0 unspecified atom stereocenters. The van der Waals surface area contributed by atoms with Crippen LogP contribution in [0.1, 0.15) is 17.5 Å². The number of sulfone groups is 1. The van der Waals surface area contributed by atoms with Crippen LogP contribution in [0.4, 0.5) is 13.2 Å². The van der Waals surface area contributed by atoms with Crippen molar-refractivity contribution in [2.75, 3.05) is 19.8 Å². The van der Waals surface area contributed by atoms with Crippen LogP contribution in [0.15, 0.2) is 28.1 Å². The van der Waals surface area contributed by atoms with Gasteiger partial charge in [-0.15, -0.1) is 0 Å². The molecule has 0 radical (unpaired) electrons. The van der Waals surface area contributed by atoms with Crippen LogP contribution in [0.3, 0.4) is 0 Å². The van der Waals surface area contributed by atoms with Gasteiger partial charge in [0.05, 0.1) is 11.3 Å². The summed E-state index contributed by atoms with van der Waals surface area (Å²) in [6.45, 7) is 1.74. The van der Waals surface area contributed by atoms with Gasteiger partial charge in [-0.05, 0) is 24.1 Å². The van der Waals surface area contributed by atoms with Crippen LogP contribution in [0.5, 0.6) is 0 Å². The summed E-state index contributed by atoms with van der Waals surface area (Å²) in [6.07, 6.45) is -4.03. The number of nitrogens with zero attached hydrogens (tertiary/aromatic N) is 1. The molecule has 0 bridgehead atoms. The molecular weight excluding hydrogens is 331 g/mol. The molecule has 0 heterocycles. The van der Waals surface area contributed by atoms with Gasteiger partial charge in [-0.3, -0.25) is 4.99 Å². The summed E-state index contributed by atoms with van der Waals surface area (Å²) < 4.78 is 59.4. The van der Waals surface area contributed by atoms with Crippen molar-refractivity contribution in [3.8, 4) is 0 Å². The van der Waals surface area contributed by atoms with Gasteiger partial charge in [0.15, 0.2) is 15.8 Å². The molecule has 23 heavy (non-hydrogen) atoms. The molecule has 9 heteroatoms. The van der Waals surface area contributed by atoms with Crippen molar-refractivity contribution in [2.24, 2.45) is 4.99 Å². The fourth-order valence-electron chi connectivity index (χ4n) is 1.97. The zero-order valence-corrected chi connectivity index (χ0v) is 14.0. The maximum Gasteiger partial charge on any atom is 0.390 e. The molecule has 0 aliphatic heterocycles. The average molecular weight is 351 g/mol. The summed E-state index contributed by atoms with van der Waals surface area (Å²) in [7, 11) is -1.82. The highest BCUT2D eigenvalue weighted by atomic mass is 32.2. The minimum Gasteiger partial charge on any atom is -0.356 e. The minimum atomic E-state index is -4.22. The molecule has 0 amide bonds. The molecule has 0 saturated heterocycles. The van der Waals surface area contributed by atoms with Crippen LogP contribution in [-0.4, -0.2) is 40.4 Å². The highest BCUT2D eigenvalue weighted by Crippen LogP contribution is 2.18. The predicted molar refractivity (Wildman–Crippen MR) is 83.2 cm³/mol. The lowest BCUT2D eigenvalue weighted by atomic mass is 10.1. The summed E-state index contributed by atoms with van der Waals surface area (Å²) in [5.41, 5.74) is 1.42. The molecule has 1 aromatic carbocycles. The number of hydrogen-bond donors (Lipinski definition) is 2. The third-order valence-corrected chi connectivity index (χ3v) is 4.28. The molecule has 2 N–H and O–H groups in total. The fraction of sp³-hybridized carbons (Fsp3) is 0.500. The second-order valence-corrected chi connectivity index (χ2v) is 7.07. The number of benzene rings is 1. The zero-order chi connectivity index (χ0) is 17.7. The van der Waals surface area contributed by atoms with E-state index in [9.17, 15) is 21.6 Å². The smallest absolute Gasteiger partial charge is 0.356 e. The van der Waals surface area contributed by atoms with E-state index < -0.39 is 22.4 Å².